The van der Waals surface area contributed by atoms with Crippen LogP contribution >= 0.6 is 11.8 Å². The van der Waals surface area contributed by atoms with Gasteiger partial charge in [-0.1, -0.05) is 42.1 Å². The van der Waals surface area contributed by atoms with Crippen LogP contribution in [0.4, 0.5) is 0 Å². The SMILES string of the molecule is CCOc1ccc(-n2c(Cc3ccccc3)nnc2SCC(C)(C)O)cc1. The van der Waals surface area contributed by atoms with Gasteiger partial charge in [0.15, 0.2) is 5.16 Å². The lowest BCUT2D eigenvalue weighted by Crippen LogP contribution is -2.22. The molecule has 0 bridgehead atoms. The number of benzene rings is 2. The Hall–Kier alpha value is -2.31. The van der Waals surface area contributed by atoms with Gasteiger partial charge in [0.05, 0.1) is 12.2 Å². The average Bonchev–Trinajstić information content (AvgIpc) is 3.04. The first-order chi connectivity index (χ1) is 13.0. The molecule has 0 aliphatic heterocycles. The molecule has 0 saturated heterocycles. The van der Waals surface area contributed by atoms with Crippen molar-refractivity contribution in [2.45, 2.75) is 37.9 Å². The monoisotopic (exact) mass is 383 g/mol. The van der Waals surface area contributed by atoms with E-state index in [-0.39, 0.29) is 0 Å². The summed E-state index contributed by atoms with van der Waals surface area (Å²) < 4.78 is 7.60. The molecule has 6 heteroatoms. The number of hydrogen-bond donors (Lipinski definition) is 1. The number of thioether (sulfide) groups is 1. The van der Waals surface area contributed by atoms with Crippen LogP contribution < -0.4 is 4.74 Å². The van der Waals surface area contributed by atoms with Gasteiger partial charge in [-0.3, -0.25) is 4.57 Å². The van der Waals surface area contributed by atoms with E-state index in [0.717, 1.165) is 22.4 Å². The van der Waals surface area contributed by atoms with E-state index in [1.54, 1.807) is 13.8 Å². The van der Waals surface area contributed by atoms with Gasteiger partial charge < -0.3 is 9.84 Å². The third-order valence-corrected chi connectivity index (χ3v) is 5.24. The van der Waals surface area contributed by atoms with Crippen molar-refractivity contribution in [1.82, 2.24) is 14.8 Å². The third kappa shape index (κ3) is 5.34. The summed E-state index contributed by atoms with van der Waals surface area (Å²) in [6.07, 6.45) is 0.685. The topological polar surface area (TPSA) is 60.2 Å². The molecule has 0 unspecified atom stereocenters. The molecule has 27 heavy (non-hydrogen) atoms. The summed E-state index contributed by atoms with van der Waals surface area (Å²) in [4.78, 5) is 0. The van der Waals surface area contributed by atoms with E-state index < -0.39 is 5.60 Å². The van der Waals surface area contributed by atoms with Gasteiger partial charge in [-0.15, -0.1) is 10.2 Å². The molecule has 1 aromatic heterocycles. The maximum absolute atomic E-state index is 10.1. The lowest BCUT2D eigenvalue weighted by molar-refractivity contribution is 0.107. The fourth-order valence-electron chi connectivity index (χ4n) is 2.65. The normalized spacial score (nSPS) is 11.6. The number of hydrogen-bond acceptors (Lipinski definition) is 5. The molecule has 0 saturated carbocycles. The highest BCUT2D eigenvalue weighted by atomic mass is 32.2. The highest BCUT2D eigenvalue weighted by Gasteiger charge is 2.19. The van der Waals surface area contributed by atoms with Gasteiger partial charge in [-0.2, -0.15) is 0 Å². The number of rotatable bonds is 8. The van der Waals surface area contributed by atoms with Crippen molar-refractivity contribution in [1.29, 1.82) is 0 Å². The molecule has 0 amide bonds. The van der Waals surface area contributed by atoms with Crippen molar-refractivity contribution in [2.24, 2.45) is 0 Å². The highest BCUT2D eigenvalue weighted by Crippen LogP contribution is 2.27. The quantitative estimate of drug-likeness (QED) is 0.593. The van der Waals surface area contributed by atoms with Gasteiger partial charge in [-0.25, -0.2) is 0 Å². The summed E-state index contributed by atoms with van der Waals surface area (Å²) in [5.74, 6) is 2.24. The van der Waals surface area contributed by atoms with Crippen LogP contribution in [-0.2, 0) is 6.42 Å². The Labute approximate surface area is 164 Å². The van der Waals surface area contributed by atoms with Gasteiger partial charge in [0.2, 0.25) is 0 Å². The molecule has 142 valence electrons. The van der Waals surface area contributed by atoms with E-state index in [1.165, 1.54) is 17.3 Å². The van der Waals surface area contributed by atoms with E-state index in [2.05, 4.69) is 26.9 Å². The maximum Gasteiger partial charge on any atom is 0.195 e. The Kier molecular flexibility index (Phi) is 6.19. The van der Waals surface area contributed by atoms with Gasteiger partial charge in [0, 0.05) is 17.9 Å². The van der Waals surface area contributed by atoms with E-state index in [4.69, 9.17) is 4.74 Å². The summed E-state index contributed by atoms with van der Waals surface area (Å²) in [6.45, 7) is 6.19. The van der Waals surface area contributed by atoms with Crippen molar-refractivity contribution in [3.05, 3.63) is 66.0 Å². The third-order valence-electron chi connectivity index (χ3n) is 3.87. The second-order valence-corrected chi connectivity index (χ2v) is 7.87. The Morgan fingerprint density at radius 3 is 2.37 bits per heavy atom. The summed E-state index contributed by atoms with van der Waals surface area (Å²) in [7, 11) is 0. The van der Waals surface area contributed by atoms with E-state index >= 15 is 0 Å². The lowest BCUT2D eigenvalue weighted by Gasteiger charge is -2.17. The standard InChI is InChI=1S/C21H25N3O2S/c1-4-26-18-12-10-17(11-13-18)24-19(14-16-8-6-5-7-9-16)22-23-20(24)27-15-21(2,3)25/h5-13,25H,4,14-15H2,1-3H3. The lowest BCUT2D eigenvalue weighted by atomic mass is 10.1. The van der Waals surface area contributed by atoms with Gasteiger partial charge in [0.25, 0.3) is 0 Å². The molecule has 0 aliphatic rings. The van der Waals surface area contributed by atoms with E-state index in [9.17, 15) is 5.11 Å². The van der Waals surface area contributed by atoms with Gasteiger partial charge in [0.1, 0.15) is 11.6 Å². The molecule has 0 spiro atoms. The molecule has 3 rings (SSSR count). The fraction of sp³-hybridized carbons (Fsp3) is 0.333. The minimum absolute atomic E-state index is 0.535. The van der Waals surface area contributed by atoms with Gasteiger partial charge >= 0.3 is 0 Å². The molecular weight excluding hydrogens is 358 g/mol. The summed E-state index contributed by atoms with van der Waals surface area (Å²) in [5.41, 5.74) is 1.38. The summed E-state index contributed by atoms with van der Waals surface area (Å²) in [5, 5.41) is 19.7. The Morgan fingerprint density at radius 1 is 1.04 bits per heavy atom. The molecule has 5 nitrogen and oxygen atoms in total. The van der Waals surface area contributed by atoms with Crippen LogP contribution in [0.5, 0.6) is 5.75 Å². The zero-order chi connectivity index (χ0) is 19.3. The highest BCUT2D eigenvalue weighted by molar-refractivity contribution is 7.99. The molecule has 3 aromatic rings. The van der Waals surface area contributed by atoms with Crippen LogP contribution in [-0.4, -0.2) is 37.8 Å². The number of aliphatic hydroxyl groups is 1. The first-order valence-electron chi connectivity index (χ1n) is 9.03. The first-order valence-corrected chi connectivity index (χ1v) is 10.0. The molecule has 0 atom stereocenters. The number of nitrogens with zero attached hydrogens (tertiary/aromatic N) is 3. The van der Waals surface area contributed by atoms with E-state index in [0.29, 0.717) is 18.8 Å². The molecule has 0 aliphatic carbocycles. The van der Waals surface area contributed by atoms with Crippen molar-refractivity contribution < 1.29 is 9.84 Å². The molecule has 2 aromatic carbocycles. The maximum atomic E-state index is 10.1. The van der Waals surface area contributed by atoms with Crippen molar-refractivity contribution in [3.63, 3.8) is 0 Å². The van der Waals surface area contributed by atoms with Crippen LogP contribution in [0, 0.1) is 0 Å². The van der Waals surface area contributed by atoms with Crippen molar-refractivity contribution in [2.75, 3.05) is 12.4 Å². The second-order valence-electron chi connectivity index (χ2n) is 6.92. The predicted octanol–water partition coefficient (Wildman–Crippen LogP) is 4.12. The zero-order valence-corrected chi connectivity index (χ0v) is 16.7. The summed E-state index contributed by atoms with van der Waals surface area (Å²) >= 11 is 1.50. The molecule has 1 N–H and O–H groups in total. The van der Waals surface area contributed by atoms with Crippen molar-refractivity contribution >= 4 is 11.8 Å². The number of aromatic nitrogens is 3. The number of ether oxygens (including phenoxy) is 1. The Morgan fingerprint density at radius 2 is 1.74 bits per heavy atom. The molecule has 1 heterocycles. The Bertz CT molecular complexity index is 855. The minimum atomic E-state index is -0.778. The van der Waals surface area contributed by atoms with E-state index in [1.807, 2.05) is 49.4 Å². The summed E-state index contributed by atoms with van der Waals surface area (Å²) in [6, 6.07) is 18.2. The average molecular weight is 384 g/mol. The first kappa shape index (κ1) is 19.5. The fourth-order valence-corrected chi connectivity index (χ4v) is 3.57. The zero-order valence-electron chi connectivity index (χ0n) is 15.9. The molecular formula is C21H25N3O2S. The minimum Gasteiger partial charge on any atom is -0.494 e. The second kappa shape index (κ2) is 8.59. The van der Waals surface area contributed by atoms with Crippen LogP contribution in [0.1, 0.15) is 32.2 Å². The molecule has 0 fully saturated rings. The van der Waals surface area contributed by atoms with Crippen molar-refractivity contribution in [3.8, 4) is 11.4 Å². The predicted molar refractivity (Wildman–Crippen MR) is 109 cm³/mol. The van der Waals surface area contributed by atoms with Crippen LogP contribution in [0.15, 0.2) is 59.8 Å². The largest absolute Gasteiger partial charge is 0.494 e. The van der Waals surface area contributed by atoms with Crippen LogP contribution in [0.3, 0.4) is 0 Å². The van der Waals surface area contributed by atoms with Crippen LogP contribution in [0.25, 0.3) is 5.69 Å². The van der Waals surface area contributed by atoms with Crippen LogP contribution in [0.2, 0.25) is 0 Å². The van der Waals surface area contributed by atoms with Gasteiger partial charge in [-0.05, 0) is 50.6 Å². The molecule has 0 radical (unpaired) electrons. The Balaban J connectivity index is 1.94. The smallest absolute Gasteiger partial charge is 0.195 e.